The van der Waals surface area contributed by atoms with Gasteiger partial charge in [-0.15, -0.1) is 0 Å². The monoisotopic (exact) mass is 219 g/mol. The van der Waals surface area contributed by atoms with E-state index in [0.29, 0.717) is 5.41 Å². The van der Waals surface area contributed by atoms with E-state index in [-0.39, 0.29) is 6.04 Å². The van der Waals surface area contributed by atoms with Crippen molar-refractivity contribution >= 4 is 0 Å². The summed E-state index contributed by atoms with van der Waals surface area (Å²) in [5, 5.41) is 0. The van der Waals surface area contributed by atoms with E-state index >= 15 is 0 Å². The second-order valence-corrected chi connectivity index (χ2v) is 5.80. The second-order valence-electron chi connectivity index (χ2n) is 5.80. The molecule has 0 bridgehead atoms. The van der Waals surface area contributed by atoms with Gasteiger partial charge in [-0.3, -0.25) is 0 Å². The topological polar surface area (TPSA) is 26.0 Å². The lowest BCUT2D eigenvalue weighted by Crippen LogP contribution is -2.14. The summed E-state index contributed by atoms with van der Waals surface area (Å²) in [6.45, 7) is 8.97. The lowest BCUT2D eigenvalue weighted by molar-refractivity contribution is 0.350. The van der Waals surface area contributed by atoms with Crippen LogP contribution in [0.4, 0.5) is 0 Å². The van der Waals surface area contributed by atoms with Crippen molar-refractivity contribution < 1.29 is 0 Å². The van der Waals surface area contributed by atoms with Crippen LogP contribution in [0.1, 0.15) is 57.7 Å². The minimum atomic E-state index is 0.185. The van der Waals surface area contributed by atoms with Crippen LogP contribution in [-0.2, 0) is 6.42 Å². The summed E-state index contributed by atoms with van der Waals surface area (Å²) in [6, 6.07) is 8.90. The van der Waals surface area contributed by atoms with E-state index in [2.05, 4.69) is 52.0 Å². The summed E-state index contributed by atoms with van der Waals surface area (Å²) in [4.78, 5) is 0. The molecule has 0 aliphatic heterocycles. The molecule has 1 rings (SSSR count). The van der Waals surface area contributed by atoms with Gasteiger partial charge in [0.1, 0.15) is 0 Å². The van der Waals surface area contributed by atoms with Crippen LogP contribution < -0.4 is 5.73 Å². The molecule has 2 N–H and O–H groups in total. The third kappa shape index (κ3) is 4.36. The van der Waals surface area contributed by atoms with Gasteiger partial charge in [0.2, 0.25) is 0 Å². The van der Waals surface area contributed by atoms with Crippen LogP contribution in [0.15, 0.2) is 24.3 Å². The van der Waals surface area contributed by atoms with Crippen molar-refractivity contribution in [3.63, 3.8) is 0 Å². The zero-order chi connectivity index (χ0) is 12.2. The molecule has 0 amide bonds. The summed E-state index contributed by atoms with van der Waals surface area (Å²) in [5.74, 6) is 0. The molecule has 1 atom stereocenters. The quantitative estimate of drug-likeness (QED) is 0.811. The lowest BCUT2D eigenvalue weighted by Gasteiger charge is -2.21. The first-order valence-electron chi connectivity index (χ1n) is 6.27. The van der Waals surface area contributed by atoms with E-state index in [1.165, 1.54) is 17.5 Å². The Balaban J connectivity index is 2.56. The van der Waals surface area contributed by atoms with Gasteiger partial charge in [0.25, 0.3) is 0 Å². The lowest BCUT2D eigenvalue weighted by atomic mass is 9.87. The summed E-state index contributed by atoms with van der Waals surface area (Å²) in [5.41, 5.74) is 9.22. The summed E-state index contributed by atoms with van der Waals surface area (Å²) >= 11 is 0. The van der Waals surface area contributed by atoms with Gasteiger partial charge in [-0.1, -0.05) is 52.0 Å². The molecule has 0 saturated heterocycles. The molecule has 0 heterocycles. The van der Waals surface area contributed by atoms with E-state index < -0.39 is 0 Å². The van der Waals surface area contributed by atoms with Crippen molar-refractivity contribution in [3.8, 4) is 0 Å². The Labute approximate surface area is 100 Å². The first-order chi connectivity index (χ1) is 7.42. The molecule has 16 heavy (non-hydrogen) atoms. The maximum absolute atomic E-state index is 6.19. The third-order valence-electron chi connectivity index (χ3n) is 3.02. The number of nitrogens with two attached hydrogens (primary N) is 1. The van der Waals surface area contributed by atoms with Gasteiger partial charge < -0.3 is 5.73 Å². The molecule has 0 saturated carbocycles. The van der Waals surface area contributed by atoms with Gasteiger partial charge >= 0.3 is 0 Å². The minimum absolute atomic E-state index is 0.185. The van der Waals surface area contributed by atoms with Crippen molar-refractivity contribution in [2.45, 2.75) is 53.0 Å². The molecule has 0 aliphatic carbocycles. The smallest absolute Gasteiger partial charge is 0.0295 e. The first-order valence-corrected chi connectivity index (χ1v) is 6.27. The molecule has 0 aliphatic rings. The Kier molecular flexibility index (Phi) is 4.55. The Bertz CT molecular complexity index is 305. The van der Waals surface area contributed by atoms with Crippen molar-refractivity contribution in [1.82, 2.24) is 0 Å². The predicted molar refractivity (Wildman–Crippen MR) is 71.4 cm³/mol. The summed E-state index contributed by atoms with van der Waals surface area (Å²) in [7, 11) is 0. The zero-order valence-corrected chi connectivity index (χ0v) is 11.1. The van der Waals surface area contributed by atoms with Gasteiger partial charge in [-0.05, 0) is 35.8 Å². The molecular formula is C15H25N. The van der Waals surface area contributed by atoms with Gasteiger partial charge in [-0.2, -0.15) is 0 Å². The molecule has 0 spiro atoms. The third-order valence-corrected chi connectivity index (χ3v) is 3.02. The Hall–Kier alpha value is -0.820. The minimum Gasteiger partial charge on any atom is -0.324 e. The maximum Gasteiger partial charge on any atom is 0.0295 e. The summed E-state index contributed by atoms with van der Waals surface area (Å²) in [6.07, 6.45) is 3.33. The van der Waals surface area contributed by atoms with Crippen molar-refractivity contribution in [1.29, 1.82) is 0 Å². The first kappa shape index (κ1) is 13.2. The largest absolute Gasteiger partial charge is 0.324 e. The van der Waals surface area contributed by atoms with Crippen LogP contribution in [0.2, 0.25) is 0 Å². The number of aryl methyl sites for hydroxylation is 1. The van der Waals surface area contributed by atoms with Crippen LogP contribution in [0.3, 0.4) is 0 Å². The van der Waals surface area contributed by atoms with E-state index in [1.54, 1.807) is 0 Å². The SMILES string of the molecule is CCc1ccc(C(N)CCC(C)(C)C)cc1. The number of benzene rings is 1. The summed E-state index contributed by atoms with van der Waals surface area (Å²) < 4.78 is 0. The fourth-order valence-corrected chi connectivity index (χ4v) is 1.76. The van der Waals surface area contributed by atoms with E-state index in [4.69, 9.17) is 5.73 Å². The van der Waals surface area contributed by atoms with E-state index in [0.717, 1.165) is 12.8 Å². The van der Waals surface area contributed by atoms with Gasteiger partial charge in [0.05, 0.1) is 0 Å². The Morgan fingerprint density at radius 3 is 2.12 bits per heavy atom. The van der Waals surface area contributed by atoms with Gasteiger partial charge in [0, 0.05) is 6.04 Å². The van der Waals surface area contributed by atoms with Crippen molar-refractivity contribution in [3.05, 3.63) is 35.4 Å². The van der Waals surface area contributed by atoms with Crippen LogP contribution in [-0.4, -0.2) is 0 Å². The van der Waals surface area contributed by atoms with E-state index in [1.807, 2.05) is 0 Å². The molecule has 1 nitrogen and oxygen atoms in total. The molecular weight excluding hydrogens is 194 g/mol. The molecule has 90 valence electrons. The highest BCUT2D eigenvalue weighted by molar-refractivity contribution is 5.24. The molecule has 0 fully saturated rings. The van der Waals surface area contributed by atoms with E-state index in [9.17, 15) is 0 Å². The number of hydrogen-bond acceptors (Lipinski definition) is 1. The second kappa shape index (κ2) is 5.49. The van der Waals surface area contributed by atoms with Crippen molar-refractivity contribution in [2.75, 3.05) is 0 Å². The zero-order valence-electron chi connectivity index (χ0n) is 11.1. The van der Waals surface area contributed by atoms with Crippen LogP contribution >= 0.6 is 0 Å². The Morgan fingerprint density at radius 1 is 1.12 bits per heavy atom. The molecule has 1 unspecified atom stereocenters. The average molecular weight is 219 g/mol. The highest BCUT2D eigenvalue weighted by Crippen LogP contribution is 2.26. The van der Waals surface area contributed by atoms with Crippen LogP contribution in [0.25, 0.3) is 0 Å². The Morgan fingerprint density at radius 2 is 1.69 bits per heavy atom. The number of rotatable bonds is 4. The fraction of sp³-hybridized carbons (Fsp3) is 0.600. The maximum atomic E-state index is 6.19. The highest BCUT2D eigenvalue weighted by Gasteiger charge is 2.13. The molecule has 0 radical (unpaired) electrons. The normalized spacial score (nSPS) is 13.8. The molecule has 1 aromatic rings. The van der Waals surface area contributed by atoms with Crippen molar-refractivity contribution in [2.24, 2.45) is 11.1 Å². The fourth-order valence-electron chi connectivity index (χ4n) is 1.76. The standard InChI is InChI=1S/C15H25N/c1-5-12-6-8-13(9-7-12)14(16)10-11-15(2,3)4/h6-9,14H,5,10-11,16H2,1-4H3. The highest BCUT2D eigenvalue weighted by atomic mass is 14.6. The molecule has 1 aromatic carbocycles. The molecule has 0 aromatic heterocycles. The predicted octanol–water partition coefficient (Wildman–Crippen LogP) is 4.08. The molecule has 1 heteroatoms. The van der Waals surface area contributed by atoms with Gasteiger partial charge in [-0.25, -0.2) is 0 Å². The van der Waals surface area contributed by atoms with Crippen LogP contribution in [0, 0.1) is 5.41 Å². The van der Waals surface area contributed by atoms with Gasteiger partial charge in [0.15, 0.2) is 0 Å². The average Bonchev–Trinajstić information content (AvgIpc) is 2.25. The number of hydrogen-bond donors (Lipinski definition) is 1. The van der Waals surface area contributed by atoms with Crippen LogP contribution in [0.5, 0.6) is 0 Å².